The number of likely N-dealkylation sites (tertiary alicyclic amines) is 1. The zero-order chi connectivity index (χ0) is 18.7. The number of esters is 1. The SMILES string of the molecule is O=C(OC1CCN(C2CCCCC2)C1)C(O)(c1ccccc1)C1CCCC1. The van der Waals surface area contributed by atoms with E-state index in [1.54, 1.807) is 0 Å². The second-order valence-corrected chi connectivity index (χ2v) is 8.72. The summed E-state index contributed by atoms with van der Waals surface area (Å²) in [7, 11) is 0. The molecule has 4 heteroatoms. The minimum absolute atomic E-state index is 0.0387. The van der Waals surface area contributed by atoms with Crippen molar-refractivity contribution in [3.63, 3.8) is 0 Å². The van der Waals surface area contributed by atoms with Gasteiger partial charge in [0.15, 0.2) is 5.60 Å². The Bertz CT molecular complexity index is 622. The van der Waals surface area contributed by atoms with Gasteiger partial charge in [0.1, 0.15) is 6.10 Å². The molecular formula is C23H33NO3. The van der Waals surface area contributed by atoms with E-state index in [4.69, 9.17) is 4.74 Å². The van der Waals surface area contributed by atoms with Crippen LogP contribution in [0.5, 0.6) is 0 Å². The lowest BCUT2D eigenvalue weighted by molar-refractivity contribution is -0.179. The number of ether oxygens (including phenoxy) is 1. The average Bonchev–Trinajstić information content (AvgIpc) is 3.41. The number of hydrogen-bond donors (Lipinski definition) is 1. The Morgan fingerprint density at radius 2 is 1.63 bits per heavy atom. The van der Waals surface area contributed by atoms with Crippen molar-refractivity contribution >= 4 is 5.97 Å². The van der Waals surface area contributed by atoms with E-state index in [1.807, 2.05) is 30.3 Å². The van der Waals surface area contributed by atoms with E-state index >= 15 is 0 Å². The third-order valence-electron chi connectivity index (χ3n) is 7.01. The zero-order valence-electron chi connectivity index (χ0n) is 16.3. The van der Waals surface area contributed by atoms with Gasteiger partial charge in [0.25, 0.3) is 0 Å². The molecule has 2 aliphatic carbocycles. The van der Waals surface area contributed by atoms with Crippen molar-refractivity contribution in [1.29, 1.82) is 0 Å². The fourth-order valence-corrected chi connectivity index (χ4v) is 5.43. The highest BCUT2D eigenvalue weighted by Gasteiger charge is 2.49. The fraction of sp³-hybridized carbons (Fsp3) is 0.696. The Morgan fingerprint density at radius 1 is 0.963 bits per heavy atom. The highest BCUT2D eigenvalue weighted by molar-refractivity contribution is 5.81. The largest absolute Gasteiger partial charge is 0.459 e. The average molecular weight is 372 g/mol. The molecule has 0 radical (unpaired) electrons. The third-order valence-corrected chi connectivity index (χ3v) is 7.01. The minimum Gasteiger partial charge on any atom is -0.459 e. The summed E-state index contributed by atoms with van der Waals surface area (Å²) < 4.78 is 5.93. The smallest absolute Gasteiger partial charge is 0.343 e. The van der Waals surface area contributed by atoms with Gasteiger partial charge in [-0.15, -0.1) is 0 Å². The molecule has 148 valence electrons. The van der Waals surface area contributed by atoms with Crippen LogP contribution in [-0.2, 0) is 15.1 Å². The number of hydrogen-bond acceptors (Lipinski definition) is 4. The minimum atomic E-state index is -1.50. The van der Waals surface area contributed by atoms with Gasteiger partial charge in [-0.05, 0) is 37.7 Å². The molecule has 1 aliphatic heterocycles. The van der Waals surface area contributed by atoms with Gasteiger partial charge >= 0.3 is 5.97 Å². The molecule has 2 atom stereocenters. The number of aliphatic hydroxyl groups is 1. The quantitative estimate of drug-likeness (QED) is 0.795. The maximum absolute atomic E-state index is 13.2. The molecular weight excluding hydrogens is 338 g/mol. The lowest BCUT2D eigenvalue weighted by Gasteiger charge is -2.34. The summed E-state index contributed by atoms with van der Waals surface area (Å²) in [5, 5.41) is 11.5. The van der Waals surface area contributed by atoms with E-state index in [0.29, 0.717) is 11.6 Å². The van der Waals surface area contributed by atoms with Crippen LogP contribution in [0.1, 0.15) is 69.8 Å². The highest BCUT2D eigenvalue weighted by Crippen LogP contribution is 2.42. The topological polar surface area (TPSA) is 49.8 Å². The van der Waals surface area contributed by atoms with Crippen LogP contribution in [0.25, 0.3) is 0 Å². The van der Waals surface area contributed by atoms with E-state index in [2.05, 4.69) is 4.90 Å². The van der Waals surface area contributed by atoms with Crippen LogP contribution in [0.3, 0.4) is 0 Å². The number of nitrogens with zero attached hydrogens (tertiary/aromatic N) is 1. The molecule has 4 rings (SSSR count). The molecule has 4 nitrogen and oxygen atoms in total. The van der Waals surface area contributed by atoms with Crippen molar-refractivity contribution < 1.29 is 14.6 Å². The van der Waals surface area contributed by atoms with Crippen molar-refractivity contribution in [3.8, 4) is 0 Å². The van der Waals surface area contributed by atoms with Crippen LogP contribution < -0.4 is 0 Å². The summed E-state index contributed by atoms with van der Waals surface area (Å²) in [6.45, 7) is 1.84. The summed E-state index contributed by atoms with van der Waals surface area (Å²) in [5.74, 6) is -0.473. The van der Waals surface area contributed by atoms with E-state index in [0.717, 1.165) is 45.2 Å². The van der Waals surface area contributed by atoms with E-state index in [9.17, 15) is 9.90 Å². The van der Waals surface area contributed by atoms with E-state index in [-0.39, 0.29) is 12.0 Å². The van der Waals surface area contributed by atoms with Crippen LogP contribution in [0.4, 0.5) is 0 Å². The van der Waals surface area contributed by atoms with Crippen LogP contribution in [-0.4, -0.2) is 41.2 Å². The van der Waals surface area contributed by atoms with Gasteiger partial charge in [0.2, 0.25) is 0 Å². The van der Waals surface area contributed by atoms with Gasteiger partial charge in [-0.3, -0.25) is 4.90 Å². The molecule has 3 fully saturated rings. The lowest BCUT2D eigenvalue weighted by Crippen LogP contribution is -2.45. The summed E-state index contributed by atoms with van der Waals surface area (Å²) in [5.41, 5.74) is -0.820. The van der Waals surface area contributed by atoms with Gasteiger partial charge in [0.05, 0.1) is 0 Å². The monoisotopic (exact) mass is 371 g/mol. The summed E-state index contributed by atoms with van der Waals surface area (Å²) in [6.07, 6.45) is 11.3. The Hall–Kier alpha value is -1.39. The molecule has 1 heterocycles. The highest BCUT2D eigenvalue weighted by atomic mass is 16.6. The van der Waals surface area contributed by atoms with E-state index in [1.165, 1.54) is 32.1 Å². The number of benzene rings is 1. The molecule has 0 bridgehead atoms. The fourth-order valence-electron chi connectivity index (χ4n) is 5.43. The van der Waals surface area contributed by atoms with Gasteiger partial charge in [-0.1, -0.05) is 62.4 Å². The van der Waals surface area contributed by atoms with Crippen molar-refractivity contribution in [2.45, 2.75) is 82.0 Å². The molecule has 1 saturated heterocycles. The van der Waals surface area contributed by atoms with Crippen LogP contribution >= 0.6 is 0 Å². The zero-order valence-corrected chi connectivity index (χ0v) is 16.3. The van der Waals surface area contributed by atoms with E-state index < -0.39 is 11.6 Å². The molecule has 0 spiro atoms. The maximum Gasteiger partial charge on any atom is 0.343 e. The molecule has 1 N–H and O–H groups in total. The Labute approximate surface area is 162 Å². The summed E-state index contributed by atoms with van der Waals surface area (Å²) in [6, 6.07) is 10.1. The Kier molecular flexibility index (Phi) is 5.84. The van der Waals surface area contributed by atoms with Crippen LogP contribution in [0, 0.1) is 5.92 Å². The number of carbonyl (C=O) groups excluding carboxylic acids is 1. The number of rotatable bonds is 5. The molecule has 3 aliphatic rings. The van der Waals surface area contributed by atoms with Gasteiger partial charge in [-0.2, -0.15) is 0 Å². The molecule has 1 aromatic carbocycles. The van der Waals surface area contributed by atoms with Gasteiger partial charge in [-0.25, -0.2) is 4.79 Å². The van der Waals surface area contributed by atoms with Crippen molar-refractivity contribution in [2.75, 3.05) is 13.1 Å². The van der Waals surface area contributed by atoms with Crippen LogP contribution in [0.15, 0.2) is 30.3 Å². The molecule has 27 heavy (non-hydrogen) atoms. The molecule has 1 aromatic rings. The first-order valence-electron chi connectivity index (χ1n) is 10.9. The second-order valence-electron chi connectivity index (χ2n) is 8.72. The predicted molar refractivity (Wildman–Crippen MR) is 105 cm³/mol. The lowest BCUT2D eigenvalue weighted by atomic mass is 9.80. The predicted octanol–water partition coefficient (Wildman–Crippen LogP) is 4.01. The Morgan fingerprint density at radius 3 is 2.33 bits per heavy atom. The molecule has 2 unspecified atom stereocenters. The third kappa shape index (κ3) is 3.93. The standard InChI is InChI=1S/C23H33NO3/c25-22(27-21-15-16-24(17-21)20-13-5-2-6-14-20)23(26,19-11-7-8-12-19)18-9-3-1-4-10-18/h1,3-4,9-10,19-21,26H,2,5-8,11-17H2. The Balaban J connectivity index is 1.44. The first kappa shape index (κ1) is 18.9. The first-order chi connectivity index (χ1) is 13.2. The van der Waals surface area contributed by atoms with Gasteiger partial charge in [0, 0.05) is 25.0 Å². The molecule has 2 saturated carbocycles. The normalized spacial score (nSPS) is 27.5. The molecule has 0 amide bonds. The first-order valence-corrected chi connectivity index (χ1v) is 10.9. The summed E-state index contributed by atoms with van der Waals surface area (Å²) in [4.78, 5) is 15.7. The maximum atomic E-state index is 13.2. The van der Waals surface area contributed by atoms with Crippen molar-refractivity contribution in [1.82, 2.24) is 4.90 Å². The van der Waals surface area contributed by atoms with Gasteiger partial charge < -0.3 is 9.84 Å². The second kappa shape index (κ2) is 8.32. The molecule has 0 aromatic heterocycles. The van der Waals surface area contributed by atoms with Crippen molar-refractivity contribution in [3.05, 3.63) is 35.9 Å². The summed E-state index contributed by atoms with van der Waals surface area (Å²) >= 11 is 0. The van der Waals surface area contributed by atoms with Crippen molar-refractivity contribution in [2.24, 2.45) is 5.92 Å². The van der Waals surface area contributed by atoms with Crippen LogP contribution in [0.2, 0.25) is 0 Å². The number of carbonyl (C=O) groups is 1.